The second-order valence-electron chi connectivity index (χ2n) is 5.07. The number of aliphatic hydroxyl groups is 3. The van der Waals surface area contributed by atoms with E-state index in [9.17, 15) is 15.3 Å². The van der Waals surface area contributed by atoms with Crippen LogP contribution in [0.25, 0.3) is 11.2 Å². The minimum absolute atomic E-state index is 0.00420. The summed E-state index contributed by atoms with van der Waals surface area (Å²) in [7, 11) is 0. The smallest absolute Gasteiger partial charge is 0.205 e. The summed E-state index contributed by atoms with van der Waals surface area (Å²) in [6.45, 7) is 1.07. The molecule has 0 radical (unpaired) electrons. The lowest BCUT2D eigenvalue weighted by Gasteiger charge is -2.30. The molecule has 10 nitrogen and oxygen atoms in total. The van der Waals surface area contributed by atoms with Gasteiger partial charge >= 0.3 is 0 Å². The van der Waals surface area contributed by atoms with Gasteiger partial charge < -0.3 is 31.5 Å². The molecule has 0 spiro atoms. The molecule has 114 valence electrons. The fourth-order valence-electron chi connectivity index (χ4n) is 2.66. The molecule has 2 aromatic heterocycles. The van der Waals surface area contributed by atoms with Gasteiger partial charge in [-0.25, -0.2) is 15.0 Å². The average Bonchev–Trinajstić information content (AvgIpc) is 2.90. The predicted octanol–water partition coefficient (Wildman–Crippen LogP) is -2.22. The van der Waals surface area contributed by atoms with E-state index in [4.69, 9.17) is 16.2 Å². The van der Waals surface area contributed by atoms with Crippen LogP contribution in [0.5, 0.6) is 0 Å². The first kappa shape index (κ1) is 13.9. The number of aromatic nitrogens is 4. The van der Waals surface area contributed by atoms with Gasteiger partial charge in [-0.05, 0) is 6.92 Å². The summed E-state index contributed by atoms with van der Waals surface area (Å²) in [6, 6.07) is 0. The predicted molar refractivity (Wildman–Crippen MR) is 71.8 cm³/mol. The van der Waals surface area contributed by atoms with Crippen LogP contribution in [-0.2, 0) is 10.5 Å². The summed E-state index contributed by atoms with van der Waals surface area (Å²) in [5.74, 6) is 0.144. The van der Waals surface area contributed by atoms with Gasteiger partial charge in [0.05, 0.1) is 6.61 Å². The molecule has 1 aliphatic heterocycles. The summed E-state index contributed by atoms with van der Waals surface area (Å²) in [5, 5.41) is 29.4. The molecule has 3 rings (SSSR count). The first-order chi connectivity index (χ1) is 9.90. The SMILES string of the molecule is C[C@@]1(n2c(N)nc3c(N)ncnc32)O[C@H](CO)[C@@H](O)[C@H]1O. The lowest BCUT2D eigenvalue weighted by atomic mass is 10.0. The molecule has 2 aromatic rings. The summed E-state index contributed by atoms with van der Waals surface area (Å²) in [6.07, 6.45) is -2.30. The van der Waals surface area contributed by atoms with Gasteiger partial charge in [0.1, 0.15) is 24.6 Å². The van der Waals surface area contributed by atoms with Crippen molar-refractivity contribution in [3.8, 4) is 0 Å². The van der Waals surface area contributed by atoms with Crippen molar-refractivity contribution in [1.82, 2.24) is 19.5 Å². The molecule has 10 heteroatoms. The van der Waals surface area contributed by atoms with Crippen LogP contribution >= 0.6 is 0 Å². The number of fused-ring (bicyclic) bond motifs is 1. The normalized spacial score (nSPS) is 32.9. The van der Waals surface area contributed by atoms with Crippen LogP contribution in [0.3, 0.4) is 0 Å². The molecule has 0 bridgehead atoms. The zero-order chi connectivity index (χ0) is 15.4. The Bertz CT molecular complexity index is 691. The van der Waals surface area contributed by atoms with Gasteiger partial charge in [-0.1, -0.05) is 0 Å². The molecular formula is C11H16N6O4. The Morgan fingerprint density at radius 2 is 2.10 bits per heavy atom. The van der Waals surface area contributed by atoms with Crippen LogP contribution in [-0.4, -0.2) is 59.8 Å². The van der Waals surface area contributed by atoms with Gasteiger partial charge in [-0.3, -0.25) is 4.57 Å². The number of imidazole rings is 1. The third-order valence-corrected chi connectivity index (χ3v) is 3.77. The Hall–Kier alpha value is -2.01. The number of ether oxygens (including phenoxy) is 1. The average molecular weight is 296 g/mol. The zero-order valence-corrected chi connectivity index (χ0v) is 11.2. The van der Waals surface area contributed by atoms with Crippen molar-refractivity contribution in [3.63, 3.8) is 0 Å². The molecule has 0 unspecified atom stereocenters. The molecule has 0 aromatic carbocycles. The molecule has 0 aliphatic carbocycles. The lowest BCUT2D eigenvalue weighted by Crippen LogP contribution is -2.43. The number of aliphatic hydroxyl groups excluding tert-OH is 3. The maximum absolute atomic E-state index is 10.3. The van der Waals surface area contributed by atoms with Gasteiger partial charge in [-0.2, -0.15) is 0 Å². The van der Waals surface area contributed by atoms with Crippen LogP contribution in [0.15, 0.2) is 6.33 Å². The Balaban J connectivity index is 2.21. The fourth-order valence-corrected chi connectivity index (χ4v) is 2.66. The monoisotopic (exact) mass is 296 g/mol. The second kappa shape index (κ2) is 4.49. The lowest BCUT2D eigenvalue weighted by molar-refractivity contribution is -0.131. The van der Waals surface area contributed by atoms with Crippen molar-refractivity contribution in [2.24, 2.45) is 0 Å². The third kappa shape index (κ3) is 1.77. The number of nitrogens with zero attached hydrogens (tertiary/aromatic N) is 4. The molecule has 7 N–H and O–H groups in total. The molecule has 1 saturated heterocycles. The van der Waals surface area contributed by atoms with Crippen LogP contribution < -0.4 is 11.5 Å². The van der Waals surface area contributed by atoms with Crippen LogP contribution in [0.4, 0.5) is 11.8 Å². The number of nitrogen functional groups attached to an aromatic ring is 2. The highest BCUT2D eigenvalue weighted by Gasteiger charge is 2.53. The summed E-state index contributed by atoms with van der Waals surface area (Å²) >= 11 is 0. The van der Waals surface area contributed by atoms with Crippen molar-refractivity contribution >= 4 is 22.9 Å². The minimum Gasteiger partial charge on any atom is -0.394 e. The molecule has 1 fully saturated rings. The highest BCUT2D eigenvalue weighted by Crippen LogP contribution is 2.39. The van der Waals surface area contributed by atoms with Crippen LogP contribution in [0, 0.1) is 0 Å². The summed E-state index contributed by atoms with van der Waals surface area (Å²) < 4.78 is 6.92. The molecule has 21 heavy (non-hydrogen) atoms. The topological polar surface area (TPSA) is 166 Å². The number of rotatable bonds is 2. The van der Waals surface area contributed by atoms with Crippen molar-refractivity contribution in [1.29, 1.82) is 0 Å². The van der Waals surface area contributed by atoms with E-state index >= 15 is 0 Å². The fraction of sp³-hybridized carbons (Fsp3) is 0.545. The quantitative estimate of drug-likeness (QED) is 0.412. The van der Waals surface area contributed by atoms with Gasteiger partial charge in [0.15, 0.2) is 22.7 Å². The molecule has 3 heterocycles. The minimum atomic E-state index is -1.44. The van der Waals surface area contributed by atoms with Crippen LogP contribution in [0.1, 0.15) is 6.92 Å². The Labute approximate surface area is 119 Å². The Morgan fingerprint density at radius 3 is 2.71 bits per heavy atom. The first-order valence-corrected chi connectivity index (χ1v) is 6.30. The number of hydrogen-bond donors (Lipinski definition) is 5. The number of hydrogen-bond acceptors (Lipinski definition) is 9. The van der Waals surface area contributed by atoms with E-state index in [1.165, 1.54) is 17.8 Å². The van der Waals surface area contributed by atoms with Crippen molar-refractivity contribution in [2.45, 2.75) is 31.0 Å². The first-order valence-electron chi connectivity index (χ1n) is 6.30. The number of nitrogens with two attached hydrogens (primary N) is 2. The van der Waals surface area contributed by atoms with E-state index in [0.29, 0.717) is 0 Å². The Morgan fingerprint density at radius 1 is 1.38 bits per heavy atom. The largest absolute Gasteiger partial charge is 0.394 e. The summed E-state index contributed by atoms with van der Waals surface area (Å²) in [4.78, 5) is 11.9. The van der Waals surface area contributed by atoms with Crippen molar-refractivity contribution in [2.75, 3.05) is 18.1 Å². The summed E-state index contributed by atoms with van der Waals surface area (Å²) in [5.41, 5.74) is 10.7. The highest BCUT2D eigenvalue weighted by molar-refractivity contribution is 5.83. The number of anilines is 2. The van der Waals surface area contributed by atoms with E-state index in [2.05, 4.69) is 15.0 Å². The van der Waals surface area contributed by atoms with Crippen molar-refractivity contribution in [3.05, 3.63) is 6.33 Å². The molecule has 0 amide bonds. The zero-order valence-electron chi connectivity index (χ0n) is 11.2. The standard InChI is InChI=1S/C11H16N6O4/c1-11(7(20)6(19)4(2-18)21-11)17-9-5(16-10(17)13)8(12)14-3-15-9/h3-4,6-7,18-20H,2H2,1H3,(H2,13,16)(H2,12,14,15)/t4-,6-,7-,11-/m1/s1. The van der Waals surface area contributed by atoms with Gasteiger partial charge in [0.25, 0.3) is 0 Å². The van der Waals surface area contributed by atoms with E-state index in [-0.39, 0.29) is 22.9 Å². The maximum atomic E-state index is 10.3. The van der Waals surface area contributed by atoms with E-state index < -0.39 is 30.6 Å². The van der Waals surface area contributed by atoms with Gasteiger partial charge in [-0.15, -0.1) is 0 Å². The van der Waals surface area contributed by atoms with Gasteiger partial charge in [0, 0.05) is 0 Å². The maximum Gasteiger partial charge on any atom is 0.205 e. The Kier molecular flexibility index (Phi) is 2.99. The van der Waals surface area contributed by atoms with E-state index in [0.717, 1.165) is 0 Å². The van der Waals surface area contributed by atoms with Crippen LogP contribution in [0.2, 0.25) is 0 Å². The van der Waals surface area contributed by atoms with Crippen molar-refractivity contribution < 1.29 is 20.1 Å². The second-order valence-corrected chi connectivity index (χ2v) is 5.07. The molecule has 1 aliphatic rings. The molecule has 4 atom stereocenters. The van der Waals surface area contributed by atoms with E-state index in [1.54, 1.807) is 0 Å². The highest BCUT2D eigenvalue weighted by atomic mass is 16.6. The van der Waals surface area contributed by atoms with Gasteiger partial charge in [0.2, 0.25) is 5.95 Å². The van der Waals surface area contributed by atoms with E-state index in [1.807, 2.05) is 0 Å². The molecular weight excluding hydrogens is 280 g/mol. The molecule has 0 saturated carbocycles. The third-order valence-electron chi connectivity index (χ3n) is 3.77.